The van der Waals surface area contributed by atoms with Crippen LogP contribution in [0.25, 0.3) is 0 Å². The van der Waals surface area contributed by atoms with E-state index in [1.54, 1.807) is 17.6 Å². The molecule has 0 bridgehead atoms. The van der Waals surface area contributed by atoms with Gasteiger partial charge in [-0.2, -0.15) is 13.9 Å². The molecule has 1 atom stereocenters. The Morgan fingerprint density at radius 3 is 2.87 bits per heavy atom. The maximum atomic E-state index is 15.0. The van der Waals surface area contributed by atoms with E-state index in [0.717, 1.165) is 37.2 Å². The quantitative estimate of drug-likeness (QED) is 0.884. The van der Waals surface area contributed by atoms with Crippen molar-refractivity contribution in [2.24, 2.45) is 0 Å². The van der Waals surface area contributed by atoms with Gasteiger partial charge in [-0.05, 0) is 49.9 Å². The smallest absolute Gasteiger partial charge is 0.300 e. The lowest BCUT2D eigenvalue weighted by atomic mass is 9.82. The first kappa shape index (κ1) is 15.2. The zero-order chi connectivity index (χ0) is 16.1. The van der Waals surface area contributed by atoms with E-state index >= 15 is 0 Å². The number of hydrogen-bond acceptors (Lipinski definition) is 4. The van der Waals surface area contributed by atoms with Gasteiger partial charge in [-0.15, -0.1) is 11.3 Å². The second kappa shape index (κ2) is 5.36. The summed E-state index contributed by atoms with van der Waals surface area (Å²) in [6.45, 7) is 3.43. The van der Waals surface area contributed by atoms with E-state index in [-0.39, 0.29) is 12.0 Å². The molecule has 7 heteroatoms. The molecule has 1 unspecified atom stereocenters. The van der Waals surface area contributed by atoms with Gasteiger partial charge in [0, 0.05) is 22.6 Å². The summed E-state index contributed by atoms with van der Waals surface area (Å²) >= 11 is 1.39. The number of rotatable bonds is 2. The number of aromatic nitrogens is 2. The minimum atomic E-state index is -2.98. The molecule has 124 valence electrons. The van der Waals surface area contributed by atoms with E-state index in [0.29, 0.717) is 4.88 Å². The third-order valence-corrected chi connectivity index (χ3v) is 6.06. The molecule has 4 nitrogen and oxygen atoms in total. The van der Waals surface area contributed by atoms with Crippen LogP contribution in [0, 0.1) is 6.92 Å². The van der Waals surface area contributed by atoms with Gasteiger partial charge in [0.1, 0.15) is 11.7 Å². The highest BCUT2D eigenvalue weighted by atomic mass is 32.1. The molecular weight excluding hydrogens is 320 g/mol. The molecule has 23 heavy (non-hydrogen) atoms. The molecule has 0 radical (unpaired) electrons. The van der Waals surface area contributed by atoms with Gasteiger partial charge in [-0.3, -0.25) is 5.10 Å². The lowest BCUT2D eigenvalue weighted by molar-refractivity contribution is -0.227. The Bertz CT molecular complexity index is 706. The zero-order valence-corrected chi connectivity index (χ0v) is 13.7. The number of nitrogens with zero attached hydrogens (tertiary/aromatic N) is 1. The summed E-state index contributed by atoms with van der Waals surface area (Å²) in [7, 11) is 0. The number of fused-ring (bicyclic) bond motifs is 2. The normalized spacial score (nSPS) is 25.4. The van der Waals surface area contributed by atoms with E-state index in [4.69, 9.17) is 4.74 Å². The first-order valence-corrected chi connectivity index (χ1v) is 8.74. The highest BCUT2D eigenvalue weighted by Crippen LogP contribution is 2.53. The second-order valence-electron chi connectivity index (χ2n) is 6.36. The summed E-state index contributed by atoms with van der Waals surface area (Å²) in [5.41, 5.74) is 1.19. The van der Waals surface area contributed by atoms with Crippen LogP contribution in [0.4, 0.5) is 8.78 Å². The van der Waals surface area contributed by atoms with Crippen molar-refractivity contribution >= 4 is 11.3 Å². The number of hydrogen-bond donors (Lipinski definition) is 2. The summed E-state index contributed by atoms with van der Waals surface area (Å²) in [4.78, 5) is 0.712. The van der Waals surface area contributed by atoms with Crippen molar-refractivity contribution in [2.45, 2.75) is 43.8 Å². The lowest BCUT2D eigenvalue weighted by Crippen LogP contribution is -2.52. The van der Waals surface area contributed by atoms with Crippen LogP contribution in [0.5, 0.6) is 0 Å². The lowest BCUT2D eigenvalue weighted by Gasteiger charge is -2.46. The van der Waals surface area contributed by atoms with Crippen LogP contribution in [0.1, 0.15) is 34.5 Å². The first-order valence-electron chi connectivity index (χ1n) is 7.86. The Morgan fingerprint density at radius 1 is 1.39 bits per heavy atom. The molecule has 0 aromatic carbocycles. The number of ether oxygens (including phenoxy) is 1. The van der Waals surface area contributed by atoms with Crippen LogP contribution in [0.3, 0.4) is 0 Å². The second-order valence-corrected chi connectivity index (χ2v) is 7.28. The predicted octanol–water partition coefficient (Wildman–Crippen LogP) is 3.09. The van der Waals surface area contributed by atoms with Gasteiger partial charge in [-0.1, -0.05) is 0 Å². The molecule has 2 aromatic rings. The van der Waals surface area contributed by atoms with Crippen LogP contribution < -0.4 is 5.32 Å². The van der Waals surface area contributed by atoms with E-state index < -0.39 is 17.6 Å². The zero-order valence-electron chi connectivity index (χ0n) is 12.9. The molecular formula is C16H19F2N3OS. The largest absolute Gasteiger partial charge is 0.359 e. The average molecular weight is 339 g/mol. The summed E-state index contributed by atoms with van der Waals surface area (Å²) in [6.07, 6.45) is 2.10. The molecule has 4 heterocycles. The minimum Gasteiger partial charge on any atom is -0.359 e. The van der Waals surface area contributed by atoms with Crippen LogP contribution in [0.15, 0.2) is 17.6 Å². The maximum Gasteiger partial charge on any atom is 0.300 e. The Balaban J connectivity index is 1.74. The number of piperidine rings is 1. The van der Waals surface area contributed by atoms with Crippen LogP contribution in [0.2, 0.25) is 0 Å². The van der Waals surface area contributed by atoms with Crippen LogP contribution in [-0.2, 0) is 22.7 Å². The summed E-state index contributed by atoms with van der Waals surface area (Å²) in [5.74, 6) is -2.98. The predicted molar refractivity (Wildman–Crippen MR) is 83.9 cm³/mol. The molecule has 0 aliphatic carbocycles. The third-order valence-electron chi connectivity index (χ3n) is 4.96. The number of halogens is 2. The van der Waals surface area contributed by atoms with Crippen molar-refractivity contribution in [1.82, 2.24) is 15.5 Å². The summed E-state index contributed by atoms with van der Waals surface area (Å²) < 4.78 is 36.1. The van der Waals surface area contributed by atoms with E-state index in [1.807, 2.05) is 6.92 Å². The minimum absolute atomic E-state index is 0.154. The fourth-order valence-corrected chi connectivity index (χ4v) is 4.76. The van der Waals surface area contributed by atoms with Gasteiger partial charge < -0.3 is 10.1 Å². The molecule has 2 N–H and O–H groups in total. The molecule has 2 aliphatic rings. The van der Waals surface area contributed by atoms with Gasteiger partial charge in [0.2, 0.25) is 0 Å². The van der Waals surface area contributed by atoms with Gasteiger partial charge in [0.05, 0.1) is 6.20 Å². The van der Waals surface area contributed by atoms with Crippen molar-refractivity contribution in [3.05, 3.63) is 39.3 Å². The van der Waals surface area contributed by atoms with Crippen molar-refractivity contribution < 1.29 is 13.5 Å². The first-order chi connectivity index (χ1) is 11.0. The topological polar surface area (TPSA) is 49.9 Å². The molecule has 2 aliphatic heterocycles. The Morgan fingerprint density at radius 2 is 2.17 bits per heavy atom. The fourth-order valence-electron chi connectivity index (χ4n) is 3.62. The van der Waals surface area contributed by atoms with Crippen LogP contribution in [-0.4, -0.2) is 29.4 Å². The number of aromatic amines is 1. The fraction of sp³-hybridized carbons (Fsp3) is 0.562. The highest BCUT2D eigenvalue weighted by molar-refractivity contribution is 7.10. The van der Waals surface area contributed by atoms with Gasteiger partial charge in [-0.25, -0.2) is 0 Å². The molecule has 4 rings (SSSR count). The van der Waals surface area contributed by atoms with Gasteiger partial charge in [0.25, 0.3) is 5.92 Å². The monoisotopic (exact) mass is 339 g/mol. The standard InChI is InChI=1S/C16H19F2N3OS/c1-10-11(9-20-21-10)8-13-16(17,18)12-2-7-23-14(12)15(22-13)3-5-19-6-4-15/h2,7,9,13,19H,3-6,8H2,1H3,(H,20,21). The van der Waals surface area contributed by atoms with Crippen LogP contribution >= 0.6 is 11.3 Å². The number of aryl methyl sites for hydroxylation is 1. The highest BCUT2D eigenvalue weighted by Gasteiger charge is 2.56. The Kier molecular flexibility index (Phi) is 3.55. The van der Waals surface area contributed by atoms with E-state index in [9.17, 15) is 8.78 Å². The summed E-state index contributed by atoms with van der Waals surface area (Å²) in [6, 6.07) is 1.57. The molecule has 1 spiro atoms. The van der Waals surface area contributed by atoms with E-state index in [2.05, 4.69) is 15.5 Å². The molecule has 0 amide bonds. The maximum absolute atomic E-state index is 15.0. The number of thiophene rings is 1. The molecule has 2 aromatic heterocycles. The number of alkyl halides is 2. The SMILES string of the molecule is Cc1[nH]ncc1CC1OC2(CCNCC2)c2sccc2C1(F)F. The Hall–Kier alpha value is -1.31. The number of nitrogens with one attached hydrogen (secondary N) is 2. The van der Waals surface area contributed by atoms with Gasteiger partial charge in [0.15, 0.2) is 0 Å². The Labute approximate surface area is 137 Å². The summed E-state index contributed by atoms with van der Waals surface area (Å²) in [5, 5.41) is 11.8. The van der Waals surface area contributed by atoms with Crippen molar-refractivity contribution in [3.8, 4) is 0 Å². The third kappa shape index (κ3) is 2.33. The molecule has 1 fully saturated rings. The molecule has 0 saturated carbocycles. The number of H-pyrrole nitrogens is 1. The van der Waals surface area contributed by atoms with Crippen molar-refractivity contribution in [3.63, 3.8) is 0 Å². The molecule has 1 saturated heterocycles. The van der Waals surface area contributed by atoms with Crippen molar-refractivity contribution in [1.29, 1.82) is 0 Å². The van der Waals surface area contributed by atoms with Gasteiger partial charge >= 0.3 is 0 Å². The average Bonchev–Trinajstić information content (AvgIpc) is 3.17. The van der Waals surface area contributed by atoms with E-state index in [1.165, 1.54) is 11.3 Å². The van der Waals surface area contributed by atoms with Crippen molar-refractivity contribution in [2.75, 3.05) is 13.1 Å².